The fourth-order valence-electron chi connectivity index (χ4n) is 1.01. The van der Waals surface area contributed by atoms with Gasteiger partial charge < -0.3 is 5.21 Å². The third-order valence-electron chi connectivity index (χ3n) is 1.70. The third-order valence-corrected chi connectivity index (χ3v) is 1.70. The minimum absolute atomic E-state index is 0.140. The van der Waals surface area contributed by atoms with Gasteiger partial charge in [-0.15, -0.1) is 0 Å². The summed E-state index contributed by atoms with van der Waals surface area (Å²) < 4.78 is 0. The molecule has 0 heterocycles. The number of nitrogens with one attached hydrogen (secondary N) is 1. The summed E-state index contributed by atoms with van der Waals surface area (Å²) in [5.41, 5.74) is 2.09. The molecule has 0 aliphatic rings. The van der Waals surface area contributed by atoms with Crippen LogP contribution in [0.1, 0.15) is 5.56 Å². The molecule has 14 heavy (non-hydrogen) atoms. The molecule has 1 aromatic rings. The first-order valence-corrected chi connectivity index (χ1v) is 3.97. The molecule has 74 valence electrons. The summed E-state index contributed by atoms with van der Waals surface area (Å²) in [6.45, 7) is 0. The lowest BCUT2D eigenvalue weighted by molar-refractivity contribution is -0.122. The predicted octanol–water partition coefficient (Wildman–Crippen LogP) is 0.565. The third kappa shape index (κ3) is 2.56. The summed E-state index contributed by atoms with van der Waals surface area (Å²) in [5, 5.41) is 19.6. The summed E-state index contributed by atoms with van der Waals surface area (Å²) >= 11 is 0. The van der Waals surface area contributed by atoms with Gasteiger partial charge in [-0.2, -0.15) is 0 Å². The van der Waals surface area contributed by atoms with Gasteiger partial charge in [-0.3, -0.25) is 10.0 Å². The van der Waals surface area contributed by atoms with Gasteiger partial charge in [0.1, 0.15) is 0 Å². The van der Waals surface area contributed by atoms with Gasteiger partial charge >= 0.3 is 0 Å². The number of hydroxylamine groups is 1. The van der Waals surface area contributed by atoms with E-state index in [0.717, 1.165) is 5.56 Å². The maximum atomic E-state index is 10.9. The number of rotatable bonds is 3. The first-order chi connectivity index (χ1) is 6.77. The molecule has 0 radical (unpaired) electrons. The van der Waals surface area contributed by atoms with Crippen molar-refractivity contribution in [1.29, 1.82) is 0 Å². The van der Waals surface area contributed by atoms with Crippen LogP contribution in [0.3, 0.4) is 0 Å². The topological polar surface area (TPSA) is 81.9 Å². The predicted molar refractivity (Wildman–Crippen MR) is 49.3 cm³/mol. The molecule has 0 unspecified atom stereocenters. The molecule has 0 spiro atoms. The maximum absolute atomic E-state index is 10.9. The van der Waals surface area contributed by atoms with Crippen molar-refractivity contribution >= 4 is 11.6 Å². The van der Waals surface area contributed by atoms with Crippen molar-refractivity contribution < 1.29 is 15.2 Å². The van der Waals surface area contributed by atoms with Gasteiger partial charge in [0.25, 0.3) is 5.91 Å². The number of hydrogen-bond donors (Lipinski definition) is 3. The van der Waals surface area contributed by atoms with E-state index in [2.05, 4.69) is 5.16 Å². The van der Waals surface area contributed by atoms with E-state index in [0.29, 0.717) is 0 Å². The molecule has 0 bridgehead atoms. The van der Waals surface area contributed by atoms with Gasteiger partial charge in [-0.05, 0) is 5.56 Å². The smallest absolute Gasteiger partial charge is 0.292 e. The van der Waals surface area contributed by atoms with E-state index in [-0.39, 0.29) is 12.1 Å². The number of amides is 1. The zero-order chi connectivity index (χ0) is 10.4. The van der Waals surface area contributed by atoms with Gasteiger partial charge in [0.05, 0.1) is 0 Å². The van der Waals surface area contributed by atoms with E-state index in [1.807, 2.05) is 6.07 Å². The molecule has 0 aromatic heterocycles. The number of nitrogens with zero attached hydrogens (tertiary/aromatic N) is 1. The molecule has 5 nitrogen and oxygen atoms in total. The van der Waals surface area contributed by atoms with Crippen LogP contribution in [0.25, 0.3) is 0 Å². The first-order valence-electron chi connectivity index (χ1n) is 3.97. The Morgan fingerprint density at radius 3 is 2.50 bits per heavy atom. The van der Waals surface area contributed by atoms with Crippen molar-refractivity contribution in [2.45, 2.75) is 6.42 Å². The molecule has 1 rings (SSSR count). The van der Waals surface area contributed by atoms with E-state index >= 15 is 0 Å². The number of oxime groups is 1. The summed E-state index contributed by atoms with van der Waals surface area (Å²) in [5.74, 6) is -0.809. The molecule has 0 aliphatic carbocycles. The van der Waals surface area contributed by atoms with Crippen LogP contribution < -0.4 is 5.48 Å². The molecule has 0 atom stereocenters. The SMILES string of the molecule is O=C(NO)C(Cc1ccccc1)=NO. The summed E-state index contributed by atoms with van der Waals surface area (Å²) in [4.78, 5) is 10.9. The fraction of sp³-hybridized carbons (Fsp3) is 0.111. The average molecular weight is 194 g/mol. The van der Waals surface area contributed by atoms with Crippen LogP contribution >= 0.6 is 0 Å². The maximum Gasteiger partial charge on any atom is 0.292 e. The van der Waals surface area contributed by atoms with Crippen LogP contribution in [0.2, 0.25) is 0 Å². The average Bonchev–Trinajstić information content (AvgIpc) is 2.26. The highest BCUT2D eigenvalue weighted by atomic mass is 16.5. The standard InChI is InChI=1S/C9H10N2O3/c12-9(11-14)8(10-13)6-7-4-2-1-3-5-7/h1-5,13-14H,6H2,(H,11,12). The molecule has 3 N–H and O–H groups in total. The van der Waals surface area contributed by atoms with Crippen LogP contribution in [0.5, 0.6) is 0 Å². The Kier molecular flexibility index (Phi) is 3.63. The largest absolute Gasteiger partial charge is 0.410 e. The minimum atomic E-state index is -0.809. The Bertz CT molecular complexity index is 335. The lowest BCUT2D eigenvalue weighted by atomic mass is 10.1. The number of carbonyl (C=O) groups is 1. The van der Waals surface area contributed by atoms with Crippen molar-refractivity contribution in [3.05, 3.63) is 35.9 Å². The van der Waals surface area contributed by atoms with Crippen molar-refractivity contribution in [2.75, 3.05) is 0 Å². The number of carbonyl (C=O) groups excluding carboxylic acids is 1. The van der Waals surface area contributed by atoms with Crippen LogP contribution in [-0.4, -0.2) is 22.0 Å². The van der Waals surface area contributed by atoms with Gasteiger partial charge in [0.2, 0.25) is 0 Å². The molecule has 1 amide bonds. The Morgan fingerprint density at radius 1 is 1.36 bits per heavy atom. The highest BCUT2D eigenvalue weighted by molar-refractivity contribution is 6.38. The van der Waals surface area contributed by atoms with E-state index in [4.69, 9.17) is 10.4 Å². The van der Waals surface area contributed by atoms with Crippen molar-refractivity contribution in [3.63, 3.8) is 0 Å². The van der Waals surface area contributed by atoms with E-state index < -0.39 is 5.91 Å². The van der Waals surface area contributed by atoms with E-state index in [9.17, 15) is 4.79 Å². The zero-order valence-corrected chi connectivity index (χ0v) is 7.34. The van der Waals surface area contributed by atoms with Crippen LogP contribution in [0, 0.1) is 0 Å². The van der Waals surface area contributed by atoms with E-state index in [1.165, 1.54) is 5.48 Å². The second-order valence-corrected chi connectivity index (χ2v) is 2.65. The highest BCUT2D eigenvalue weighted by Crippen LogP contribution is 2.00. The van der Waals surface area contributed by atoms with Crippen molar-refractivity contribution in [1.82, 2.24) is 5.48 Å². The van der Waals surface area contributed by atoms with E-state index in [1.54, 1.807) is 24.3 Å². The molecular formula is C9H10N2O3. The molecule has 0 saturated heterocycles. The summed E-state index contributed by atoms with van der Waals surface area (Å²) in [6.07, 6.45) is 0.170. The lowest BCUT2D eigenvalue weighted by Gasteiger charge is -2.01. The van der Waals surface area contributed by atoms with Crippen LogP contribution in [0.15, 0.2) is 35.5 Å². The number of benzene rings is 1. The monoisotopic (exact) mass is 194 g/mol. The molecule has 0 aliphatic heterocycles. The second kappa shape index (κ2) is 4.98. The van der Waals surface area contributed by atoms with Gasteiger partial charge in [0.15, 0.2) is 5.71 Å². The quantitative estimate of drug-likeness (QED) is 0.284. The lowest BCUT2D eigenvalue weighted by Crippen LogP contribution is -2.29. The highest BCUT2D eigenvalue weighted by Gasteiger charge is 2.11. The normalized spacial score (nSPS) is 11.1. The molecule has 0 fully saturated rings. The van der Waals surface area contributed by atoms with Crippen LogP contribution in [0.4, 0.5) is 0 Å². The summed E-state index contributed by atoms with van der Waals surface area (Å²) in [6, 6.07) is 9.03. The molecule has 0 saturated carbocycles. The number of hydrogen-bond acceptors (Lipinski definition) is 4. The van der Waals surface area contributed by atoms with Gasteiger partial charge in [-0.25, -0.2) is 5.48 Å². The first kappa shape index (κ1) is 10.2. The minimum Gasteiger partial charge on any atom is -0.410 e. The van der Waals surface area contributed by atoms with Gasteiger partial charge in [-0.1, -0.05) is 35.5 Å². The van der Waals surface area contributed by atoms with Crippen molar-refractivity contribution in [2.24, 2.45) is 5.16 Å². The molecular weight excluding hydrogens is 184 g/mol. The Labute approximate surface area is 80.6 Å². The second-order valence-electron chi connectivity index (χ2n) is 2.65. The Balaban J connectivity index is 2.73. The van der Waals surface area contributed by atoms with Crippen molar-refractivity contribution in [3.8, 4) is 0 Å². The summed E-state index contributed by atoms with van der Waals surface area (Å²) in [7, 11) is 0. The Hall–Kier alpha value is -1.88. The van der Waals surface area contributed by atoms with Crippen LogP contribution in [-0.2, 0) is 11.2 Å². The molecule has 5 heteroatoms. The fourth-order valence-corrected chi connectivity index (χ4v) is 1.01. The van der Waals surface area contributed by atoms with Gasteiger partial charge in [0, 0.05) is 6.42 Å². The zero-order valence-electron chi connectivity index (χ0n) is 7.34. The Morgan fingerprint density at radius 2 is 2.00 bits per heavy atom. The molecule has 1 aromatic carbocycles.